The van der Waals surface area contributed by atoms with Crippen LogP contribution >= 0.6 is 0 Å². The van der Waals surface area contributed by atoms with Crippen LogP contribution in [0.1, 0.15) is 162 Å². The predicted molar refractivity (Wildman–Crippen MR) is 457 cm³/mol. The second kappa shape index (κ2) is 36.7. The highest BCUT2D eigenvalue weighted by molar-refractivity contribution is 6.24. The Hall–Kier alpha value is -11.6. The first kappa shape index (κ1) is 76.2. The van der Waals surface area contributed by atoms with Gasteiger partial charge in [0.05, 0.1) is 13.2 Å². The van der Waals surface area contributed by atoms with Crippen LogP contribution in [0.2, 0.25) is 0 Å². The molecule has 0 amide bonds. The summed E-state index contributed by atoms with van der Waals surface area (Å²) in [6.45, 7) is 14.9. The van der Waals surface area contributed by atoms with E-state index < -0.39 is 0 Å². The summed E-state index contributed by atoms with van der Waals surface area (Å²) in [5, 5.41) is 11.6. The van der Waals surface area contributed by atoms with Crippen molar-refractivity contribution in [2.24, 2.45) is 0 Å². The van der Waals surface area contributed by atoms with Gasteiger partial charge in [0.25, 0.3) is 0 Å². The van der Waals surface area contributed by atoms with Crippen molar-refractivity contribution in [1.29, 1.82) is 0 Å². The number of morpholine rings is 1. The van der Waals surface area contributed by atoms with E-state index in [1.807, 2.05) is 158 Å². The van der Waals surface area contributed by atoms with Crippen molar-refractivity contribution in [3.05, 3.63) is 336 Å². The van der Waals surface area contributed by atoms with E-state index in [1.165, 1.54) is 57.4 Å². The number of carbonyl (C=O) groups is 4. The van der Waals surface area contributed by atoms with E-state index in [0.29, 0.717) is 21.9 Å². The van der Waals surface area contributed by atoms with Gasteiger partial charge in [0, 0.05) is 164 Å². The van der Waals surface area contributed by atoms with Gasteiger partial charge < -0.3 is 23.0 Å². The zero-order valence-corrected chi connectivity index (χ0v) is 64.1. The van der Waals surface area contributed by atoms with E-state index in [4.69, 9.17) is 4.74 Å². The van der Waals surface area contributed by atoms with Crippen LogP contribution in [0.25, 0.3) is 86.7 Å². The minimum Gasteiger partial charge on any atom is -0.379 e. The van der Waals surface area contributed by atoms with Gasteiger partial charge >= 0.3 is 0 Å². The van der Waals surface area contributed by atoms with Crippen molar-refractivity contribution in [2.45, 2.75) is 124 Å². The van der Waals surface area contributed by atoms with E-state index >= 15 is 0 Å². The highest BCUT2D eigenvalue weighted by Gasteiger charge is 2.24. The van der Waals surface area contributed by atoms with Crippen LogP contribution in [-0.4, -0.2) is 79.1 Å². The van der Waals surface area contributed by atoms with Gasteiger partial charge in [0.2, 0.25) is 0 Å². The smallest absolute Gasteiger partial charge is 0.195 e. The van der Waals surface area contributed by atoms with E-state index in [0.717, 1.165) is 194 Å². The molecular weight excluding hydrogens is 1370 g/mol. The first-order valence-corrected chi connectivity index (χ1v) is 40.0. The maximum absolute atomic E-state index is 14.1. The lowest BCUT2D eigenvalue weighted by atomic mass is 9.97. The van der Waals surface area contributed by atoms with Gasteiger partial charge in [-0.3, -0.25) is 24.1 Å². The van der Waals surface area contributed by atoms with Gasteiger partial charge in [-0.15, -0.1) is 0 Å². The van der Waals surface area contributed by atoms with Gasteiger partial charge in [-0.05, 0) is 93.4 Å². The summed E-state index contributed by atoms with van der Waals surface area (Å²) in [6.07, 6.45) is 22.7. The lowest BCUT2D eigenvalue weighted by Crippen LogP contribution is -2.38. The maximum atomic E-state index is 14.1. The Bertz CT molecular complexity index is 5930. The summed E-state index contributed by atoms with van der Waals surface area (Å²) in [7, 11) is 0. The topological polar surface area (TPSA) is 100 Å². The van der Waals surface area contributed by atoms with E-state index in [2.05, 4.69) is 147 Å². The summed E-state index contributed by atoms with van der Waals surface area (Å²) in [5.41, 5.74) is 10.4. The van der Waals surface area contributed by atoms with Crippen LogP contribution in [0.5, 0.6) is 0 Å². The van der Waals surface area contributed by atoms with E-state index in [-0.39, 0.29) is 29.0 Å². The highest BCUT2D eigenvalue weighted by Crippen LogP contribution is 2.34. The predicted octanol–water partition coefficient (Wildman–Crippen LogP) is 24.3. The molecule has 0 radical (unpaired) electrons. The van der Waals surface area contributed by atoms with Crippen LogP contribution in [-0.2, 0) is 30.9 Å². The number of aromatic nitrogens is 4. The Morgan fingerprint density at radius 2 is 0.550 bits per heavy atom. The molecule has 10 nitrogen and oxygen atoms in total. The van der Waals surface area contributed by atoms with Crippen LogP contribution in [0.4, 0.5) is 4.39 Å². The van der Waals surface area contributed by atoms with E-state index in [1.54, 1.807) is 18.2 Å². The summed E-state index contributed by atoms with van der Waals surface area (Å²) >= 11 is 0. The van der Waals surface area contributed by atoms with Crippen LogP contribution < -0.4 is 0 Å². The summed E-state index contributed by atoms with van der Waals surface area (Å²) < 4.78 is 28.5. The van der Waals surface area contributed by atoms with Crippen LogP contribution in [0.3, 0.4) is 0 Å². The molecule has 0 atom stereocenters. The molecule has 0 N–H and O–H groups in total. The number of unbranched alkanes of at least 4 members (excludes halogenated alkanes) is 9. The minimum atomic E-state index is -0.302. The van der Waals surface area contributed by atoms with Crippen molar-refractivity contribution in [1.82, 2.24) is 23.2 Å². The second-order valence-corrected chi connectivity index (χ2v) is 29.2. The number of rotatable bonds is 26. The second-order valence-electron chi connectivity index (χ2n) is 29.2. The number of para-hydroxylation sites is 4. The van der Waals surface area contributed by atoms with Crippen molar-refractivity contribution in [3.63, 3.8) is 0 Å². The molecule has 0 unspecified atom stereocenters. The van der Waals surface area contributed by atoms with Gasteiger partial charge in [0.15, 0.2) is 23.1 Å². The van der Waals surface area contributed by atoms with Gasteiger partial charge in [-0.25, -0.2) is 4.39 Å². The number of ether oxygens (including phenoxy) is 1. The fraction of sp³-hybridized carbons (Fsp3) is 0.240. The van der Waals surface area contributed by atoms with Gasteiger partial charge in [-0.1, -0.05) is 303 Å². The first-order chi connectivity index (χ1) is 54.6. The Morgan fingerprint density at radius 3 is 0.928 bits per heavy atom. The third-order valence-electron chi connectivity index (χ3n) is 21.9. The zero-order chi connectivity index (χ0) is 76.4. The molecule has 11 heteroatoms. The molecule has 0 spiro atoms. The van der Waals surface area contributed by atoms with Crippen LogP contribution in [0.15, 0.2) is 286 Å². The standard InChI is InChI=1S/C26H27NO.C25H24N2O2.C25H25NO.C24H22FNO/c1-2-3-4-5-10-18-27-19-24(22-15-8-9-17-25(22)27)26(28)23-16-11-13-20-12-6-7-14-21(20)23;28-25(22-10-5-7-19-6-1-2-8-20(19)22)23-18-27(24-11-4-3-9-21(23)24)13-12-26-14-16-29-17-15-26;1-2-3-4-9-17-26-18-23(21-14-7-8-16-24(21)26)25(27)22-15-10-12-19-11-5-6-13-20(19)22;1-2-3-8-15-26-16-21(19-11-6-7-12-23(19)26)24(27)20-13-14-22(25)18-10-5-4-9-17(18)20/h6-9,11-17,19H,2-5,10,18H2,1H3;1-11,18H,12-17H2;5-8,10-16,18H,2-4,9,17H2,1H3;4-7,9-14,16H,2-3,8,15H2,1H3. The lowest BCUT2D eigenvalue weighted by Gasteiger charge is -2.26. The SMILES string of the molecule is CCCCCCCn1cc(C(=O)c2cccc3ccccc23)c2ccccc21.CCCCCCn1cc(C(=O)c2cccc3ccccc23)c2ccccc21.CCCCCn1cc(C(=O)c2ccc(F)c3ccccc23)c2ccccc21.O=C(c1cccc2ccccc12)c1cn(CCN2CCOCC2)c2ccccc12. The Kier molecular flexibility index (Phi) is 25.2. The number of benzene rings is 12. The molecule has 12 aromatic carbocycles. The average molecular weight is 1470 g/mol. The van der Waals surface area contributed by atoms with E-state index in [9.17, 15) is 23.6 Å². The normalized spacial score (nSPS) is 12.3. The summed E-state index contributed by atoms with van der Waals surface area (Å²) in [6, 6.07) is 85.1. The molecule has 560 valence electrons. The number of fused-ring (bicyclic) bond motifs is 8. The maximum Gasteiger partial charge on any atom is 0.195 e. The van der Waals surface area contributed by atoms with Gasteiger partial charge in [0.1, 0.15) is 5.82 Å². The number of hydrogen-bond donors (Lipinski definition) is 0. The Balaban J connectivity index is 0.000000123. The number of ketones is 4. The molecule has 17 rings (SSSR count). The number of halogens is 1. The molecule has 1 aliphatic heterocycles. The van der Waals surface area contributed by atoms with Gasteiger partial charge in [-0.2, -0.15) is 0 Å². The molecule has 4 aromatic heterocycles. The minimum absolute atomic E-state index is 0.0587. The molecule has 0 saturated carbocycles. The van der Waals surface area contributed by atoms with Crippen molar-refractivity contribution >= 4 is 110 Å². The molecular formula is C100H98FN5O5. The quantitative estimate of drug-likeness (QED) is 0.0395. The molecule has 1 aliphatic rings. The largest absolute Gasteiger partial charge is 0.379 e. The Morgan fingerprint density at radius 1 is 0.270 bits per heavy atom. The summed E-state index contributed by atoms with van der Waals surface area (Å²) in [5.74, 6) is -0.0584. The highest BCUT2D eigenvalue weighted by atomic mass is 19.1. The van der Waals surface area contributed by atoms with Crippen molar-refractivity contribution in [3.8, 4) is 0 Å². The Labute approximate surface area is 650 Å². The first-order valence-electron chi connectivity index (χ1n) is 40.0. The lowest BCUT2D eigenvalue weighted by molar-refractivity contribution is 0.0365. The number of aryl methyl sites for hydroxylation is 3. The monoisotopic (exact) mass is 1470 g/mol. The third kappa shape index (κ3) is 17.2. The molecule has 1 fully saturated rings. The molecule has 5 heterocycles. The fourth-order valence-corrected chi connectivity index (χ4v) is 16.0. The zero-order valence-electron chi connectivity index (χ0n) is 64.1. The average Bonchev–Trinajstić information content (AvgIpc) is 1.68. The van der Waals surface area contributed by atoms with Crippen molar-refractivity contribution < 1.29 is 28.3 Å². The third-order valence-corrected chi connectivity index (χ3v) is 21.9. The number of carbonyl (C=O) groups excluding carboxylic acids is 4. The summed E-state index contributed by atoms with van der Waals surface area (Å²) in [4.78, 5) is 56.3. The van der Waals surface area contributed by atoms with Crippen molar-refractivity contribution in [2.75, 3.05) is 32.8 Å². The molecule has 0 bridgehead atoms. The molecule has 111 heavy (non-hydrogen) atoms. The van der Waals surface area contributed by atoms with Crippen LogP contribution in [0, 0.1) is 5.82 Å². The molecule has 16 aromatic rings. The number of hydrogen-bond acceptors (Lipinski definition) is 6. The molecule has 0 aliphatic carbocycles. The molecule has 1 saturated heterocycles. The fourth-order valence-electron chi connectivity index (χ4n) is 16.0. The number of nitrogens with zero attached hydrogens (tertiary/aromatic N) is 5.